The Kier molecular flexibility index (Phi) is 4.01. The van der Waals surface area contributed by atoms with Crippen molar-refractivity contribution in [3.63, 3.8) is 0 Å². The molecule has 20 heavy (non-hydrogen) atoms. The van der Waals surface area contributed by atoms with E-state index in [2.05, 4.69) is 0 Å². The summed E-state index contributed by atoms with van der Waals surface area (Å²) in [6, 6.07) is 6.36. The first-order valence-corrected chi connectivity index (χ1v) is 8.30. The zero-order chi connectivity index (χ0) is 14.9. The summed E-state index contributed by atoms with van der Waals surface area (Å²) in [5.41, 5.74) is 1.09. The Morgan fingerprint density at radius 1 is 1.10 bits per heavy atom. The Labute approximate surface area is 121 Å². The van der Waals surface area contributed by atoms with Crippen molar-refractivity contribution in [3.8, 4) is 0 Å². The van der Waals surface area contributed by atoms with Gasteiger partial charge in [0.05, 0.1) is 12.3 Å². The number of anilines is 1. The summed E-state index contributed by atoms with van der Waals surface area (Å²) in [7, 11) is 3.14. The van der Waals surface area contributed by atoms with Gasteiger partial charge in [-0.3, -0.25) is 9.59 Å². The van der Waals surface area contributed by atoms with E-state index < -0.39 is 9.05 Å². The Morgan fingerprint density at radius 3 is 2.25 bits per heavy atom. The zero-order valence-corrected chi connectivity index (χ0v) is 12.3. The molecule has 1 fully saturated rings. The minimum absolute atomic E-state index is 0.0114. The first kappa shape index (κ1) is 14.8. The van der Waals surface area contributed by atoms with E-state index >= 15 is 0 Å². The number of nitrogens with zero attached hydrogens (tertiary/aromatic N) is 2. The van der Waals surface area contributed by atoms with E-state index in [4.69, 9.17) is 10.7 Å². The predicted octanol–water partition coefficient (Wildman–Crippen LogP) is 0.560. The third kappa shape index (κ3) is 3.49. The van der Waals surface area contributed by atoms with Crippen LogP contribution in [0.15, 0.2) is 24.3 Å². The summed E-state index contributed by atoms with van der Waals surface area (Å²) in [5, 5.41) is 0. The van der Waals surface area contributed by atoms with Crippen molar-refractivity contribution in [3.05, 3.63) is 29.8 Å². The van der Waals surface area contributed by atoms with E-state index in [1.807, 2.05) is 0 Å². The van der Waals surface area contributed by atoms with Gasteiger partial charge in [0.15, 0.2) is 0 Å². The number of carbonyl (C=O) groups excluding carboxylic acids is 2. The molecule has 108 valence electrons. The van der Waals surface area contributed by atoms with Crippen molar-refractivity contribution < 1.29 is 18.0 Å². The first-order valence-electron chi connectivity index (χ1n) is 5.82. The van der Waals surface area contributed by atoms with Gasteiger partial charge in [-0.05, 0) is 17.7 Å². The van der Waals surface area contributed by atoms with Crippen LogP contribution in [-0.2, 0) is 24.4 Å². The molecule has 1 aliphatic heterocycles. The van der Waals surface area contributed by atoms with Crippen LogP contribution >= 0.6 is 10.7 Å². The van der Waals surface area contributed by atoms with Gasteiger partial charge in [-0.1, -0.05) is 12.1 Å². The molecule has 0 unspecified atom stereocenters. The number of likely N-dealkylation sites (N-methyl/N-ethyl adjacent to an activating group) is 1. The normalized spacial score (nSPS) is 16.7. The lowest BCUT2D eigenvalue weighted by atomic mass is 10.2. The summed E-state index contributed by atoms with van der Waals surface area (Å²) >= 11 is 0. The van der Waals surface area contributed by atoms with Crippen molar-refractivity contribution >= 4 is 37.2 Å². The maximum Gasteiger partial charge on any atom is 0.247 e. The highest BCUT2D eigenvalue weighted by Gasteiger charge is 2.28. The number of piperazine rings is 1. The maximum atomic E-state index is 11.9. The summed E-state index contributed by atoms with van der Waals surface area (Å²) < 4.78 is 21.9. The molecule has 0 aromatic heterocycles. The van der Waals surface area contributed by atoms with E-state index in [0.717, 1.165) is 0 Å². The summed E-state index contributed by atoms with van der Waals surface area (Å²) in [5.74, 6) is -0.591. The molecule has 0 saturated carbocycles. The SMILES string of the molecule is CN1CC(=O)N(c2ccc(CS(=O)(=O)Cl)cc2)CC1=O. The Bertz CT molecular complexity index is 642. The minimum atomic E-state index is -3.61. The number of hydrogen-bond acceptors (Lipinski definition) is 4. The standard InChI is InChI=1S/C12H13ClN2O4S/c1-14-6-12(17)15(7-11(14)16)10-4-2-9(3-5-10)8-20(13,18)19/h2-5H,6-8H2,1H3. The van der Waals surface area contributed by atoms with Gasteiger partial charge in [-0.2, -0.15) is 0 Å². The topological polar surface area (TPSA) is 74.8 Å². The Hall–Kier alpha value is -1.60. The highest BCUT2D eigenvalue weighted by Crippen LogP contribution is 2.19. The minimum Gasteiger partial charge on any atom is -0.335 e. The summed E-state index contributed by atoms with van der Waals surface area (Å²) in [4.78, 5) is 26.2. The van der Waals surface area contributed by atoms with Crippen LogP contribution in [0.5, 0.6) is 0 Å². The lowest BCUT2D eigenvalue weighted by Gasteiger charge is -2.31. The van der Waals surface area contributed by atoms with Crippen molar-refractivity contribution in [1.29, 1.82) is 0 Å². The number of rotatable bonds is 3. The molecule has 1 aliphatic rings. The molecule has 8 heteroatoms. The predicted molar refractivity (Wildman–Crippen MR) is 74.9 cm³/mol. The molecule has 6 nitrogen and oxygen atoms in total. The van der Waals surface area contributed by atoms with Crippen molar-refractivity contribution in [2.45, 2.75) is 5.75 Å². The molecule has 1 saturated heterocycles. The van der Waals surface area contributed by atoms with Crippen LogP contribution in [0.1, 0.15) is 5.56 Å². The van der Waals surface area contributed by atoms with Crippen molar-refractivity contribution in [2.75, 3.05) is 25.0 Å². The second-order valence-corrected chi connectivity index (χ2v) is 7.36. The molecule has 2 amide bonds. The highest BCUT2D eigenvalue weighted by atomic mass is 35.7. The molecule has 0 spiro atoms. The fourth-order valence-corrected chi connectivity index (χ4v) is 2.90. The molecule has 1 heterocycles. The molecular formula is C12H13ClN2O4S. The van der Waals surface area contributed by atoms with Crippen LogP contribution in [-0.4, -0.2) is 45.3 Å². The molecule has 0 N–H and O–H groups in total. The fourth-order valence-electron chi connectivity index (χ4n) is 1.93. The number of carbonyl (C=O) groups is 2. The second-order valence-electron chi connectivity index (χ2n) is 4.58. The smallest absolute Gasteiger partial charge is 0.247 e. The summed E-state index contributed by atoms with van der Waals surface area (Å²) in [6.07, 6.45) is 0. The van der Waals surface area contributed by atoms with Crippen LogP contribution in [0.3, 0.4) is 0 Å². The highest BCUT2D eigenvalue weighted by molar-refractivity contribution is 8.13. The lowest BCUT2D eigenvalue weighted by molar-refractivity contribution is -0.136. The van der Waals surface area contributed by atoms with E-state index in [-0.39, 0.29) is 30.7 Å². The molecule has 1 aromatic carbocycles. The quantitative estimate of drug-likeness (QED) is 0.764. The van der Waals surface area contributed by atoms with Gasteiger partial charge in [0, 0.05) is 23.4 Å². The van der Waals surface area contributed by atoms with E-state index in [1.165, 1.54) is 9.80 Å². The number of benzene rings is 1. The largest absolute Gasteiger partial charge is 0.335 e. The Morgan fingerprint density at radius 2 is 1.70 bits per heavy atom. The van der Waals surface area contributed by atoms with Crippen LogP contribution < -0.4 is 4.90 Å². The fraction of sp³-hybridized carbons (Fsp3) is 0.333. The first-order chi connectivity index (χ1) is 9.26. The molecule has 0 radical (unpaired) electrons. The number of amides is 2. The van der Waals surface area contributed by atoms with Gasteiger partial charge in [-0.25, -0.2) is 8.42 Å². The average molecular weight is 317 g/mol. The number of hydrogen-bond donors (Lipinski definition) is 0. The second kappa shape index (κ2) is 5.41. The van der Waals surface area contributed by atoms with Gasteiger partial charge in [0.25, 0.3) is 0 Å². The Balaban J connectivity index is 2.18. The number of halogens is 1. The van der Waals surface area contributed by atoms with Crippen molar-refractivity contribution in [1.82, 2.24) is 4.90 Å². The van der Waals surface area contributed by atoms with Gasteiger partial charge in [-0.15, -0.1) is 0 Å². The van der Waals surface area contributed by atoms with E-state index in [0.29, 0.717) is 11.3 Å². The van der Waals surface area contributed by atoms with E-state index in [9.17, 15) is 18.0 Å². The van der Waals surface area contributed by atoms with Gasteiger partial charge in [0.1, 0.15) is 6.54 Å². The maximum absolute atomic E-state index is 11.9. The monoisotopic (exact) mass is 316 g/mol. The lowest BCUT2D eigenvalue weighted by Crippen LogP contribution is -2.52. The van der Waals surface area contributed by atoms with Crippen molar-refractivity contribution in [2.24, 2.45) is 0 Å². The third-order valence-corrected chi connectivity index (χ3v) is 3.99. The van der Waals surface area contributed by atoms with E-state index in [1.54, 1.807) is 31.3 Å². The zero-order valence-electron chi connectivity index (χ0n) is 10.7. The van der Waals surface area contributed by atoms with Crippen LogP contribution in [0.2, 0.25) is 0 Å². The van der Waals surface area contributed by atoms with Gasteiger partial charge >= 0.3 is 0 Å². The third-order valence-electron chi connectivity index (χ3n) is 2.98. The molecule has 2 rings (SSSR count). The van der Waals surface area contributed by atoms with Gasteiger partial charge < -0.3 is 9.80 Å². The summed E-state index contributed by atoms with van der Waals surface area (Å²) in [6.45, 7) is 0.0269. The van der Waals surface area contributed by atoms with Crippen LogP contribution in [0.4, 0.5) is 5.69 Å². The molecular weight excluding hydrogens is 304 g/mol. The van der Waals surface area contributed by atoms with Crippen LogP contribution in [0, 0.1) is 0 Å². The molecule has 0 atom stereocenters. The van der Waals surface area contributed by atoms with Crippen LogP contribution in [0.25, 0.3) is 0 Å². The average Bonchev–Trinajstić information content (AvgIpc) is 2.33. The molecule has 0 aliphatic carbocycles. The van der Waals surface area contributed by atoms with Gasteiger partial charge in [0.2, 0.25) is 20.9 Å². The molecule has 1 aromatic rings. The molecule has 0 bridgehead atoms.